The number of hydrogen-bond acceptors (Lipinski definition) is 2. The molecule has 0 aromatic heterocycles. The van der Waals surface area contributed by atoms with Crippen molar-refractivity contribution in [1.29, 1.82) is 0 Å². The average Bonchev–Trinajstić information content (AvgIpc) is 2.16. The van der Waals surface area contributed by atoms with Crippen LogP contribution in [0.4, 0.5) is 0 Å². The first-order valence-electron chi connectivity index (χ1n) is 5.06. The predicted octanol–water partition coefficient (Wildman–Crippen LogP) is 1.45. The van der Waals surface area contributed by atoms with Gasteiger partial charge in [-0.25, -0.2) is 0 Å². The standard InChI is InChI=1S/C12H18N2O/c1-9(8-14(2)3)10-6-4-5-7-11(10)12(13)15/h4-7,9H,8H2,1-3H3,(H2,13,15)/t9-/m0/s1. The largest absolute Gasteiger partial charge is 0.366 e. The van der Waals surface area contributed by atoms with Crippen LogP contribution in [0.15, 0.2) is 24.3 Å². The van der Waals surface area contributed by atoms with E-state index in [1.165, 1.54) is 0 Å². The van der Waals surface area contributed by atoms with E-state index in [-0.39, 0.29) is 5.91 Å². The van der Waals surface area contributed by atoms with Gasteiger partial charge in [0.1, 0.15) is 0 Å². The van der Waals surface area contributed by atoms with Crippen LogP contribution in [0.5, 0.6) is 0 Å². The van der Waals surface area contributed by atoms with Crippen LogP contribution in [-0.4, -0.2) is 31.4 Å². The van der Waals surface area contributed by atoms with E-state index >= 15 is 0 Å². The third-order valence-electron chi connectivity index (χ3n) is 2.40. The van der Waals surface area contributed by atoms with Crippen molar-refractivity contribution in [2.75, 3.05) is 20.6 Å². The second-order valence-corrected chi connectivity index (χ2v) is 4.11. The maximum Gasteiger partial charge on any atom is 0.248 e. The summed E-state index contributed by atoms with van der Waals surface area (Å²) >= 11 is 0. The van der Waals surface area contributed by atoms with Gasteiger partial charge in [0.05, 0.1) is 0 Å². The molecule has 0 heterocycles. The Balaban J connectivity index is 2.97. The number of carbonyl (C=O) groups is 1. The zero-order valence-electron chi connectivity index (χ0n) is 9.53. The summed E-state index contributed by atoms with van der Waals surface area (Å²) in [7, 11) is 4.03. The third-order valence-corrected chi connectivity index (χ3v) is 2.40. The summed E-state index contributed by atoms with van der Waals surface area (Å²) in [4.78, 5) is 13.3. The highest BCUT2D eigenvalue weighted by molar-refractivity contribution is 5.94. The topological polar surface area (TPSA) is 46.3 Å². The Morgan fingerprint density at radius 3 is 2.53 bits per heavy atom. The zero-order chi connectivity index (χ0) is 11.4. The maximum atomic E-state index is 11.2. The highest BCUT2D eigenvalue weighted by atomic mass is 16.1. The number of likely N-dealkylation sites (N-methyl/N-ethyl adjacent to an activating group) is 1. The fourth-order valence-electron chi connectivity index (χ4n) is 1.80. The van der Waals surface area contributed by atoms with Crippen LogP contribution in [-0.2, 0) is 0 Å². The molecule has 0 aliphatic rings. The lowest BCUT2D eigenvalue weighted by molar-refractivity contribution is 0.0999. The molecule has 0 aliphatic heterocycles. The molecule has 82 valence electrons. The van der Waals surface area contributed by atoms with Crippen molar-refractivity contribution in [3.8, 4) is 0 Å². The van der Waals surface area contributed by atoms with E-state index in [2.05, 4.69) is 11.8 Å². The van der Waals surface area contributed by atoms with Crippen molar-refractivity contribution in [3.05, 3.63) is 35.4 Å². The molecule has 15 heavy (non-hydrogen) atoms. The molecule has 1 aromatic rings. The summed E-state index contributed by atoms with van der Waals surface area (Å²) < 4.78 is 0. The normalized spacial score (nSPS) is 12.8. The van der Waals surface area contributed by atoms with Crippen molar-refractivity contribution in [2.45, 2.75) is 12.8 Å². The van der Waals surface area contributed by atoms with Crippen molar-refractivity contribution >= 4 is 5.91 Å². The van der Waals surface area contributed by atoms with Gasteiger partial charge in [0.2, 0.25) is 5.91 Å². The van der Waals surface area contributed by atoms with Gasteiger partial charge in [-0.05, 0) is 31.6 Å². The van der Waals surface area contributed by atoms with Crippen molar-refractivity contribution in [2.24, 2.45) is 5.73 Å². The summed E-state index contributed by atoms with van der Waals surface area (Å²) in [6.07, 6.45) is 0. The molecule has 3 heteroatoms. The average molecular weight is 206 g/mol. The number of carbonyl (C=O) groups excluding carboxylic acids is 1. The summed E-state index contributed by atoms with van der Waals surface area (Å²) in [5, 5.41) is 0. The minimum atomic E-state index is -0.351. The van der Waals surface area contributed by atoms with Gasteiger partial charge in [-0.15, -0.1) is 0 Å². The molecule has 1 amide bonds. The van der Waals surface area contributed by atoms with E-state index in [1.807, 2.05) is 32.3 Å². The van der Waals surface area contributed by atoms with Gasteiger partial charge >= 0.3 is 0 Å². The molecule has 1 aromatic carbocycles. The van der Waals surface area contributed by atoms with Crippen molar-refractivity contribution in [1.82, 2.24) is 4.90 Å². The third kappa shape index (κ3) is 3.06. The summed E-state index contributed by atoms with van der Waals surface area (Å²) in [5.74, 6) is -0.0418. The van der Waals surface area contributed by atoms with E-state index in [0.29, 0.717) is 11.5 Å². The first-order valence-corrected chi connectivity index (χ1v) is 5.06. The Labute approximate surface area is 90.9 Å². The quantitative estimate of drug-likeness (QED) is 0.810. The molecule has 2 N–H and O–H groups in total. The van der Waals surface area contributed by atoms with Crippen LogP contribution in [0.3, 0.4) is 0 Å². The molecule has 0 spiro atoms. The Bertz CT molecular complexity index is 347. The number of nitrogens with two attached hydrogens (primary N) is 1. The molecule has 0 unspecified atom stereocenters. The fourth-order valence-corrected chi connectivity index (χ4v) is 1.80. The molecular weight excluding hydrogens is 188 g/mol. The number of rotatable bonds is 4. The predicted molar refractivity (Wildman–Crippen MR) is 61.9 cm³/mol. The van der Waals surface area contributed by atoms with E-state index < -0.39 is 0 Å². The van der Waals surface area contributed by atoms with Crippen LogP contribution < -0.4 is 5.73 Å². The minimum Gasteiger partial charge on any atom is -0.366 e. The number of benzene rings is 1. The number of hydrogen-bond donors (Lipinski definition) is 1. The van der Waals surface area contributed by atoms with E-state index in [4.69, 9.17) is 5.73 Å². The molecule has 1 atom stereocenters. The number of nitrogens with zero attached hydrogens (tertiary/aromatic N) is 1. The van der Waals surface area contributed by atoms with Crippen LogP contribution in [0.2, 0.25) is 0 Å². The maximum absolute atomic E-state index is 11.2. The highest BCUT2D eigenvalue weighted by Crippen LogP contribution is 2.19. The second kappa shape index (κ2) is 4.94. The molecule has 3 nitrogen and oxygen atoms in total. The Morgan fingerprint density at radius 2 is 2.00 bits per heavy atom. The minimum absolute atomic E-state index is 0.309. The van der Waals surface area contributed by atoms with Gasteiger partial charge in [0, 0.05) is 12.1 Å². The second-order valence-electron chi connectivity index (χ2n) is 4.11. The van der Waals surface area contributed by atoms with Crippen LogP contribution >= 0.6 is 0 Å². The molecule has 0 saturated carbocycles. The van der Waals surface area contributed by atoms with E-state index in [0.717, 1.165) is 12.1 Å². The summed E-state index contributed by atoms with van der Waals surface area (Å²) in [5.41, 5.74) is 6.99. The van der Waals surface area contributed by atoms with Gasteiger partial charge in [0.15, 0.2) is 0 Å². The Hall–Kier alpha value is -1.35. The number of primary amides is 1. The van der Waals surface area contributed by atoms with Gasteiger partial charge in [0.25, 0.3) is 0 Å². The Kier molecular flexibility index (Phi) is 3.86. The van der Waals surface area contributed by atoms with Crippen LogP contribution in [0.25, 0.3) is 0 Å². The van der Waals surface area contributed by atoms with Crippen LogP contribution in [0.1, 0.15) is 28.8 Å². The lowest BCUT2D eigenvalue weighted by Gasteiger charge is -2.19. The van der Waals surface area contributed by atoms with Gasteiger partial charge in [-0.1, -0.05) is 25.1 Å². The molecule has 0 fully saturated rings. The highest BCUT2D eigenvalue weighted by Gasteiger charge is 2.13. The number of amides is 1. The monoisotopic (exact) mass is 206 g/mol. The molecule has 0 saturated heterocycles. The van der Waals surface area contributed by atoms with E-state index in [1.54, 1.807) is 6.07 Å². The fraction of sp³-hybridized carbons (Fsp3) is 0.417. The molecular formula is C12H18N2O. The lowest BCUT2D eigenvalue weighted by Crippen LogP contribution is -2.21. The molecule has 0 radical (unpaired) electrons. The first kappa shape index (κ1) is 11.7. The Morgan fingerprint density at radius 1 is 1.40 bits per heavy atom. The summed E-state index contributed by atoms with van der Waals surface area (Å²) in [6.45, 7) is 3.01. The smallest absolute Gasteiger partial charge is 0.248 e. The molecule has 0 bridgehead atoms. The lowest BCUT2D eigenvalue weighted by atomic mass is 9.95. The van der Waals surface area contributed by atoms with Crippen molar-refractivity contribution in [3.63, 3.8) is 0 Å². The molecule has 1 rings (SSSR count). The zero-order valence-corrected chi connectivity index (χ0v) is 9.53. The van der Waals surface area contributed by atoms with E-state index in [9.17, 15) is 4.79 Å². The van der Waals surface area contributed by atoms with Crippen molar-refractivity contribution < 1.29 is 4.79 Å². The van der Waals surface area contributed by atoms with Gasteiger partial charge in [-0.2, -0.15) is 0 Å². The molecule has 0 aliphatic carbocycles. The first-order chi connectivity index (χ1) is 7.02. The van der Waals surface area contributed by atoms with Gasteiger partial charge < -0.3 is 10.6 Å². The SMILES string of the molecule is C[C@@H](CN(C)C)c1ccccc1C(N)=O. The summed E-state index contributed by atoms with van der Waals surface area (Å²) in [6, 6.07) is 7.53. The van der Waals surface area contributed by atoms with Crippen LogP contribution in [0, 0.1) is 0 Å². The van der Waals surface area contributed by atoms with Gasteiger partial charge in [-0.3, -0.25) is 4.79 Å².